The van der Waals surface area contributed by atoms with Gasteiger partial charge in [0.1, 0.15) is 18.2 Å². The molecule has 0 bridgehead atoms. The highest BCUT2D eigenvalue weighted by Crippen LogP contribution is 2.15. The van der Waals surface area contributed by atoms with Crippen LogP contribution in [0.3, 0.4) is 0 Å². The Bertz CT molecular complexity index is 323. The smallest absolute Gasteiger partial charge is 0.127 e. The highest BCUT2D eigenvalue weighted by molar-refractivity contribution is 5.29. The molecule has 0 fully saturated rings. The molecular weight excluding hydrogens is 181 g/mol. The Kier molecular flexibility index (Phi) is 4.13. The molecule has 0 heterocycles. The van der Waals surface area contributed by atoms with Gasteiger partial charge in [0, 0.05) is 12.6 Å². The van der Waals surface area contributed by atoms with Gasteiger partial charge < -0.3 is 10.5 Å². The zero-order chi connectivity index (χ0) is 10.4. The minimum atomic E-state index is -0.316. The van der Waals surface area contributed by atoms with Crippen LogP contribution in [0.2, 0.25) is 0 Å². The number of rotatable bonds is 4. The third-order valence-electron chi connectivity index (χ3n) is 1.75. The molecule has 14 heavy (non-hydrogen) atoms. The fourth-order valence-corrected chi connectivity index (χ4v) is 1.06. The van der Waals surface area contributed by atoms with Crippen LogP contribution >= 0.6 is 0 Å². The second-order valence-corrected chi connectivity index (χ2v) is 2.88. The molecule has 0 aliphatic rings. The van der Waals surface area contributed by atoms with Crippen LogP contribution < -0.4 is 10.5 Å². The van der Waals surface area contributed by atoms with Crippen molar-refractivity contribution in [2.75, 3.05) is 6.61 Å². The number of ether oxygens (including phenoxy) is 1. The fraction of sp³-hybridized carbons (Fsp3) is 0.273. The predicted molar refractivity (Wildman–Crippen MR) is 54.6 cm³/mol. The normalized spacial score (nSPS) is 10.8. The van der Waals surface area contributed by atoms with Crippen LogP contribution in [0.15, 0.2) is 30.4 Å². The lowest BCUT2D eigenvalue weighted by Crippen LogP contribution is -1.99. The largest absolute Gasteiger partial charge is 0.489 e. The highest BCUT2D eigenvalue weighted by atomic mass is 19.1. The van der Waals surface area contributed by atoms with Crippen LogP contribution in [-0.4, -0.2) is 6.61 Å². The minimum absolute atomic E-state index is 0.316. The fourth-order valence-electron chi connectivity index (χ4n) is 1.06. The third-order valence-corrected chi connectivity index (χ3v) is 1.75. The number of allylic oxidation sites excluding steroid dienone is 1. The Morgan fingerprint density at radius 2 is 2.21 bits per heavy atom. The lowest BCUT2D eigenvalue weighted by molar-refractivity contribution is 0.360. The number of hydrogen-bond donors (Lipinski definition) is 1. The van der Waals surface area contributed by atoms with Crippen LogP contribution in [0, 0.1) is 5.82 Å². The molecular formula is C11H14FNO. The monoisotopic (exact) mass is 195 g/mol. The second kappa shape index (κ2) is 5.40. The molecule has 0 unspecified atom stereocenters. The van der Waals surface area contributed by atoms with Gasteiger partial charge in [0.2, 0.25) is 0 Å². The molecule has 1 rings (SSSR count). The van der Waals surface area contributed by atoms with E-state index in [1.54, 1.807) is 6.07 Å². The Hall–Kier alpha value is -1.35. The summed E-state index contributed by atoms with van der Waals surface area (Å²) in [5, 5.41) is 0. The standard InChI is InChI=1S/C11H14FNO/c1-2-3-4-14-11-6-9(8-13)5-10(12)7-11/h2-3,5-7H,4,8,13H2,1H3/b3-2+. The van der Waals surface area contributed by atoms with Crippen molar-refractivity contribution in [3.05, 3.63) is 41.7 Å². The zero-order valence-electron chi connectivity index (χ0n) is 8.16. The van der Waals surface area contributed by atoms with E-state index in [-0.39, 0.29) is 5.82 Å². The van der Waals surface area contributed by atoms with Crippen molar-refractivity contribution < 1.29 is 9.13 Å². The van der Waals surface area contributed by atoms with E-state index in [1.165, 1.54) is 12.1 Å². The van der Waals surface area contributed by atoms with E-state index in [0.29, 0.717) is 18.9 Å². The van der Waals surface area contributed by atoms with E-state index in [9.17, 15) is 4.39 Å². The molecule has 0 amide bonds. The first-order valence-electron chi connectivity index (χ1n) is 4.49. The molecule has 0 spiro atoms. The Balaban J connectivity index is 2.71. The van der Waals surface area contributed by atoms with Crippen molar-refractivity contribution in [3.63, 3.8) is 0 Å². The molecule has 0 aliphatic carbocycles. The van der Waals surface area contributed by atoms with Crippen molar-refractivity contribution >= 4 is 0 Å². The Morgan fingerprint density at radius 1 is 1.43 bits per heavy atom. The van der Waals surface area contributed by atoms with E-state index in [4.69, 9.17) is 10.5 Å². The molecule has 0 aliphatic heterocycles. The van der Waals surface area contributed by atoms with Crippen LogP contribution in [-0.2, 0) is 6.54 Å². The van der Waals surface area contributed by atoms with Crippen molar-refractivity contribution in [1.82, 2.24) is 0 Å². The molecule has 2 nitrogen and oxygen atoms in total. The molecule has 0 atom stereocenters. The average molecular weight is 195 g/mol. The van der Waals surface area contributed by atoms with Crippen molar-refractivity contribution in [1.29, 1.82) is 0 Å². The van der Waals surface area contributed by atoms with Crippen LogP contribution in [0.5, 0.6) is 5.75 Å². The van der Waals surface area contributed by atoms with Crippen LogP contribution in [0.25, 0.3) is 0 Å². The van der Waals surface area contributed by atoms with E-state index in [0.717, 1.165) is 5.56 Å². The summed E-state index contributed by atoms with van der Waals surface area (Å²) in [6.07, 6.45) is 3.73. The number of halogens is 1. The molecule has 2 N–H and O–H groups in total. The third kappa shape index (κ3) is 3.18. The van der Waals surface area contributed by atoms with Crippen LogP contribution in [0.4, 0.5) is 4.39 Å². The molecule has 1 aromatic carbocycles. The molecule has 0 saturated carbocycles. The summed E-state index contributed by atoms with van der Waals surface area (Å²) >= 11 is 0. The van der Waals surface area contributed by atoms with Crippen LogP contribution in [0.1, 0.15) is 12.5 Å². The molecule has 1 aromatic rings. The first-order chi connectivity index (χ1) is 6.76. The second-order valence-electron chi connectivity index (χ2n) is 2.88. The maximum absolute atomic E-state index is 13.0. The van der Waals surface area contributed by atoms with Gasteiger partial charge in [-0.3, -0.25) is 0 Å². The lowest BCUT2D eigenvalue weighted by Gasteiger charge is -2.05. The average Bonchev–Trinajstić information content (AvgIpc) is 2.17. The number of benzene rings is 1. The van der Waals surface area contributed by atoms with Gasteiger partial charge in [0.25, 0.3) is 0 Å². The topological polar surface area (TPSA) is 35.2 Å². The summed E-state index contributed by atoms with van der Waals surface area (Å²) in [6, 6.07) is 4.50. The van der Waals surface area contributed by atoms with Crippen molar-refractivity contribution in [3.8, 4) is 5.75 Å². The Labute approximate surface area is 83.2 Å². The summed E-state index contributed by atoms with van der Waals surface area (Å²) in [5.41, 5.74) is 6.14. The van der Waals surface area contributed by atoms with Gasteiger partial charge in [-0.1, -0.05) is 12.2 Å². The summed E-state index contributed by atoms with van der Waals surface area (Å²) in [7, 11) is 0. The first-order valence-corrected chi connectivity index (χ1v) is 4.49. The summed E-state index contributed by atoms with van der Waals surface area (Å²) in [5.74, 6) is 0.201. The van der Waals surface area contributed by atoms with Gasteiger partial charge in [0.15, 0.2) is 0 Å². The van der Waals surface area contributed by atoms with E-state index in [2.05, 4.69) is 0 Å². The molecule has 76 valence electrons. The molecule has 0 aromatic heterocycles. The lowest BCUT2D eigenvalue weighted by atomic mass is 10.2. The van der Waals surface area contributed by atoms with E-state index < -0.39 is 0 Å². The maximum Gasteiger partial charge on any atom is 0.127 e. The van der Waals surface area contributed by atoms with Gasteiger partial charge in [-0.15, -0.1) is 0 Å². The van der Waals surface area contributed by atoms with Gasteiger partial charge in [-0.25, -0.2) is 4.39 Å². The zero-order valence-corrected chi connectivity index (χ0v) is 8.16. The molecule has 0 saturated heterocycles. The summed E-state index contributed by atoms with van der Waals surface area (Å²) < 4.78 is 18.3. The Morgan fingerprint density at radius 3 is 2.86 bits per heavy atom. The number of nitrogens with two attached hydrogens (primary N) is 1. The van der Waals surface area contributed by atoms with Gasteiger partial charge >= 0.3 is 0 Å². The van der Waals surface area contributed by atoms with Gasteiger partial charge in [0.05, 0.1) is 0 Å². The van der Waals surface area contributed by atoms with Crippen molar-refractivity contribution in [2.45, 2.75) is 13.5 Å². The first kappa shape index (κ1) is 10.7. The summed E-state index contributed by atoms with van der Waals surface area (Å²) in [4.78, 5) is 0. The van der Waals surface area contributed by atoms with Gasteiger partial charge in [-0.05, 0) is 24.6 Å². The minimum Gasteiger partial charge on any atom is -0.489 e. The molecule has 3 heteroatoms. The predicted octanol–water partition coefficient (Wildman–Crippen LogP) is 2.24. The highest BCUT2D eigenvalue weighted by Gasteiger charge is 1.99. The SMILES string of the molecule is C/C=C/COc1cc(F)cc(CN)c1. The quantitative estimate of drug-likeness (QED) is 0.748. The van der Waals surface area contributed by atoms with Crippen molar-refractivity contribution in [2.24, 2.45) is 5.73 Å². The summed E-state index contributed by atoms with van der Waals surface area (Å²) in [6.45, 7) is 2.67. The van der Waals surface area contributed by atoms with Gasteiger partial charge in [-0.2, -0.15) is 0 Å². The van der Waals surface area contributed by atoms with E-state index >= 15 is 0 Å². The van der Waals surface area contributed by atoms with E-state index in [1.807, 2.05) is 19.1 Å². The maximum atomic E-state index is 13.0. The molecule has 0 radical (unpaired) electrons. The number of hydrogen-bond acceptors (Lipinski definition) is 2.